The van der Waals surface area contributed by atoms with Crippen molar-refractivity contribution in [3.05, 3.63) is 59.7 Å². The number of aryl methyl sites for hydroxylation is 2. The van der Waals surface area contributed by atoms with Gasteiger partial charge in [-0.2, -0.15) is 0 Å². The zero-order valence-corrected chi connectivity index (χ0v) is 16.2. The van der Waals surface area contributed by atoms with E-state index in [2.05, 4.69) is 52.0 Å². The number of hydrogen-bond acceptors (Lipinski definition) is 1. The van der Waals surface area contributed by atoms with E-state index in [0.717, 1.165) is 22.6 Å². The maximum absolute atomic E-state index is 12.7. The molecule has 0 bridgehead atoms. The molecular weight excluding hydrogens is 312 g/mol. The standard InChI is InChI=1S/C22H30OS/c1-17(2)5-7-19-9-13-21(14-10-19)24(23)22-15-11-20(12-16-22)8-6-18(3)4/h9-18H,5-8H2,1-4H3. The lowest BCUT2D eigenvalue weighted by molar-refractivity contribution is 0.586. The van der Waals surface area contributed by atoms with Gasteiger partial charge in [-0.3, -0.25) is 0 Å². The second kappa shape index (κ2) is 9.17. The molecule has 0 aliphatic carbocycles. The lowest BCUT2D eigenvalue weighted by Crippen LogP contribution is -1.96. The van der Waals surface area contributed by atoms with Crippen LogP contribution in [0.5, 0.6) is 0 Å². The molecule has 2 heteroatoms. The average Bonchev–Trinajstić information content (AvgIpc) is 2.58. The summed E-state index contributed by atoms with van der Waals surface area (Å²) in [5.74, 6) is 1.43. The quantitative estimate of drug-likeness (QED) is 0.572. The minimum absolute atomic E-state index is 0.716. The molecule has 0 saturated carbocycles. The largest absolute Gasteiger partial charge is 0.249 e. The summed E-state index contributed by atoms with van der Waals surface area (Å²) in [5, 5.41) is 0. The highest BCUT2D eigenvalue weighted by molar-refractivity contribution is 7.85. The molecule has 24 heavy (non-hydrogen) atoms. The molecule has 0 heterocycles. The SMILES string of the molecule is CC(C)CCc1ccc(S(=O)c2ccc(CCC(C)C)cc2)cc1. The van der Waals surface area contributed by atoms with E-state index >= 15 is 0 Å². The fourth-order valence-electron chi connectivity index (χ4n) is 2.61. The van der Waals surface area contributed by atoms with E-state index in [9.17, 15) is 4.21 Å². The van der Waals surface area contributed by atoms with Crippen molar-refractivity contribution in [1.29, 1.82) is 0 Å². The van der Waals surface area contributed by atoms with Crippen molar-refractivity contribution in [2.45, 2.75) is 63.2 Å². The Morgan fingerprint density at radius 3 is 1.29 bits per heavy atom. The van der Waals surface area contributed by atoms with Crippen molar-refractivity contribution in [3.63, 3.8) is 0 Å². The maximum Gasteiger partial charge on any atom is 0.0849 e. The Morgan fingerprint density at radius 1 is 0.667 bits per heavy atom. The van der Waals surface area contributed by atoms with Crippen LogP contribution in [0.1, 0.15) is 51.7 Å². The normalized spacial score (nSPS) is 11.6. The molecule has 2 aromatic rings. The van der Waals surface area contributed by atoms with Crippen molar-refractivity contribution >= 4 is 10.8 Å². The Kier molecular flexibility index (Phi) is 7.23. The zero-order chi connectivity index (χ0) is 17.5. The van der Waals surface area contributed by atoms with E-state index in [1.165, 1.54) is 24.0 Å². The Bertz CT molecular complexity index is 581. The van der Waals surface area contributed by atoms with Crippen LogP contribution in [0.15, 0.2) is 58.3 Å². The maximum atomic E-state index is 12.7. The fourth-order valence-corrected chi connectivity index (χ4v) is 3.64. The third kappa shape index (κ3) is 5.90. The summed E-state index contributed by atoms with van der Waals surface area (Å²) in [7, 11) is -1.09. The van der Waals surface area contributed by atoms with E-state index < -0.39 is 10.8 Å². The molecule has 2 rings (SSSR count). The Balaban J connectivity index is 2.00. The molecule has 0 spiro atoms. The minimum atomic E-state index is -1.09. The Hall–Kier alpha value is -1.41. The van der Waals surface area contributed by atoms with Gasteiger partial charge in [-0.05, 0) is 72.9 Å². The molecule has 0 aromatic heterocycles. The van der Waals surface area contributed by atoms with Crippen LogP contribution in [0.3, 0.4) is 0 Å². The molecule has 0 atom stereocenters. The second-order valence-electron chi connectivity index (χ2n) is 7.42. The third-order valence-corrected chi connectivity index (χ3v) is 5.70. The van der Waals surface area contributed by atoms with Crippen LogP contribution in [0.25, 0.3) is 0 Å². The smallest absolute Gasteiger partial charge is 0.0849 e. The van der Waals surface area contributed by atoms with Crippen molar-refractivity contribution in [3.8, 4) is 0 Å². The second-order valence-corrected chi connectivity index (χ2v) is 8.90. The molecule has 0 fully saturated rings. The molecule has 0 amide bonds. The summed E-state index contributed by atoms with van der Waals surface area (Å²) < 4.78 is 12.7. The lowest BCUT2D eigenvalue weighted by atomic mass is 10.0. The highest BCUT2D eigenvalue weighted by Crippen LogP contribution is 2.19. The molecule has 0 N–H and O–H groups in total. The summed E-state index contributed by atoms with van der Waals surface area (Å²) in [6.45, 7) is 8.98. The van der Waals surface area contributed by atoms with Gasteiger partial charge in [0, 0.05) is 9.79 Å². The highest BCUT2D eigenvalue weighted by atomic mass is 32.2. The van der Waals surface area contributed by atoms with Crippen LogP contribution in [-0.4, -0.2) is 4.21 Å². The molecule has 0 unspecified atom stereocenters. The molecule has 0 aliphatic rings. The van der Waals surface area contributed by atoms with Gasteiger partial charge in [0.2, 0.25) is 0 Å². The van der Waals surface area contributed by atoms with E-state index in [1.807, 2.05) is 24.3 Å². The number of hydrogen-bond donors (Lipinski definition) is 0. The van der Waals surface area contributed by atoms with Gasteiger partial charge < -0.3 is 0 Å². The molecular formula is C22H30OS. The van der Waals surface area contributed by atoms with Gasteiger partial charge in [0.1, 0.15) is 0 Å². The monoisotopic (exact) mass is 342 g/mol. The van der Waals surface area contributed by atoms with Crippen molar-refractivity contribution in [2.75, 3.05) is 0 Å². The highest BCUT2D eigenvalue weighted by Gasteiger charge is 2.08. The summed E-state index contributed by atoms with van der Waals surface area (Å²) in [6, 6.07) is 16.5. The first-order valence-corrected chi connectivity index (χ1v) is 10.2. The van der Waals surface area contributed by atoms with Crippen LogP contribution in [0.4, 0.5) is 0 Å². The van der Waals surface area contributed by atoms with Gasteiger partial charge in [-0.15, -0.1) is 0 Å². The number of benzene rings is 2. The first-order valence-electron chi connectivity index (χ1n) is 9.05. The summed E-state index contributed by atoms with van der Waals surface area (Å²) in [6.07, 6.45) is 4.57. The lowest BCUT2D eigenvalue weighted by Gasteiger charge is -2.08. The summed E-state index contributed by atoms with van der Waals surface area (Å²) in [4.78, 5) is 1.77. The van der Waals surface area contributed by atoms with Crippen LogP contribution < -0.4 is 0 Å². The Morgan fingerprint density at radius 2 is 1.00 bits per heavy atom. The van der Waals surface area contributed by atoms with Crippen LogP contribution in [-0.2, 0) is 23.6 Å². The number of rotatable bonds is 8. The molecule has 2 aromatic carbocycles. The first kappa shape index (κ1) is 18.9. The van der Waals surface area contributed by atoms with Gasteiger partial charge in [-0.1, -0.05) is 52.0 Å². The van der Waals surface area contributed by atoms with Crippen LogP contribution >= 0.6 is 0 Å². The minimum Gasteiger partial charge on any atom is -0.249 e. The summed E-state index contributed by atoms with van der Waals surface area (Å²) in [5.41, 5.74) is 2.65. The zero-order valence-electron chi connectivity index (χ0n) is 15.4. The van der Waals surface area contributed by atoms with Crippen LogP contribution in [0, 0.1) is 11.8 Å². The third-order valence-electron chi connectivity index (χ3n) is 4.30. The molecule has 0 radical (unpaired) electrons. The van der Waals surface area contributed by atoms with E-state index in [4.69, 9.17) is 0 Å². The van der Waals surface area contributed by atoms with Crippen LogP contribution in [0.2, 0.25) is 0 Å². The van der Waals surface area contributed by atoms with Gasteiger partial charge >= 0.3 is 0 Å². The van der Waals surface area contributed by atoms with Gasteiger partial charge in [0.15, 0.2) is 0 Å². The van der Waals surface area contributed by atoms with Crippen molar-refractivity contribution < 1.29 is 4.21 Å². The predicted molar refractivity (Wildman–Crippen MR) is 104 cm³/mol. The van der Waals surface area contributed by atoms with Gasteiger partial charge in [0.25, 0.3) is 0 Å². The molecule has 0 aliphatic heterocycles. The van der Waals surface area contributed by atoms with Crippen molar-refractivity contribution in [2.24, 2.45) is 11.8 Å². The molecule has 130 valence electrons. The van der Waals surface area contributed by atoms with Gasteiger partial charge in [0.05, 0.1) is 10.8 Å². The van der Waals surface area contributed by atoms with E-state index in [0.29, 0.717) is 11.8 Å². The average molecular weight is 343 g/mol. The van der Waals surface area contributed by atoms with Crippen molar-refractivity contribution in [1.82, 2.24) is 0 Å². The summed E-state index contributed by atoms with van der Waals surface area (Å²) >= 11 is 0. The Labute approximate surface area is 150 Å². The fraction of sp³-hybridized carbons (Fsp3) is 0.455. The van der Waals surface area contributed by atoms with Gasteiger partial charge in [-0.25, -0.2) is 4.21 Å². The molecule has 0 saturated heterocycles. The predicted octanol–water partition coefficient (Wildman–Crippen LogP) is 6.03. The first-order chi connectivity index (χ1) is 11.5. The van der Waals surface area contributed by atoms with E-state index in [-0.39, 0.29) is 0 Å². The molecule has 1 nitrogen and oxygen atoms in total. The van der Waals surface area contributed by atoms with E-state index in [1.54, 1.807) is 0 Å². The topological polar surface area (TPSA) is 17.1 Å².